The molecule has 0 amide bonds. The molecule has 4 nitrogen and oxygen atoms in total. The average molecular weight is 343 g/mol. The summed E-state index contributed by atoms with van der Waals surface area (Å²) in [6.07, 6.45) is 3.91. The zero-order valence-electron chi connectivity index (χ0n) is 11.5. The van der Waals surface area contributed by atoms with Gasteiger partial charge in [0, 0.05) is 22.6 Å². The fourth-order valence-electron chi connectivity index (χ4n) is 1.63. The lowest BCUT2D eigenvalue weighted by Gasteiger charge is -2.15. The lowest BCUT2D eigenvalue weighted by atomic mass is 9.94. The van der Waals surface area contributed by atoms with Crippen LogP contribution in [-0.4, -0.2) is 30.9 Å². The van der Waals surface area contributed by atoms with Gasteiger partial charge in [-0.1, -0.05) is 49.0 Å². The van der Waals surface area contributed by atoms with E-state index < -0.39 is 10.1 Å². The number of halogens is 2. The summed E-state index contributed by atoms with van der Waals surface area (Å²) >= 11 is 11.9. The summed E-state index contributed by atoms with van der Waals surface area (Å²) in [6.45, 7) is 2.28. The van der Waals surface area contributed by atoms with E-state index in [9.17, 15) is 13.5 Å². The molecule has 20 heavy (non-hydrogen) atoms. The predicted octanol–water partition coefficient (Wildman–Crippen LogP) is 3.76. The van der Waals surface area contributed by atoms with Gasteiger partial charge in [-0.15, -0.1) is 0 Å². The van der Waals surface area contributed by atoms with Crippen molar-refractivity contribution in [2.75, 3.05) is 12.9 Å². The minimum atomic E-state index is -3.67. The monoisotopic (exact) mass is 342 g/mol. The Kier molecular flexibility index (Phi) is 9.42. The summed E-state index contributed by atoms with van der Waals surface area (Å²) in [5, 5.41) is 10.6. The molecule has 0 radical (unpaired) electrons. The van der Waals surface area contributed by atoms with Gasteiger partial charge in [-0.25, -0.2) is 0 Å². The quantitative estimate of drug-likeness (QED) is 0.798. The highest BCUT2D eigenvalue weighted by atomic mass is 35.5. The Morgan fingerprint density at radius 3 is 2.25 bits per heavy atom. The smallest absolute Gasteiger partial charge is 0.261 e. The van der Waals surface area contributed by atoms with Gasteiger partial charge in [0.1, 0.15) is 0 Å². The Labute approximate surface area is 130 Å². The molecule has 0 aliphatic heterocycles. The molecule has 0 aromatic heterocycles. The van der Waals surface area contributed by atoms with Crippen LogP contribution >= 0.6 is 23.2 Å². The van der Waals surface area contributed by atoms with Gasteiger partial charge in [0.05, 0.1) is 6.26 Å². The Bertz CT molecular complexity index is 495. The maximum absolute atomic E-state index is 9.31. The zero-order valence-corrected chi connectivity index (χ0v) is 13.8. The SMILES string of the molecule is CCCCC(CO)c1ccc(Cl)cc1Cl.CS(=O)(=O)O. The molecule has 0 saturated heterocycles. The third kappa shape index (κ3) is 9.55. The van der Waals surface area contributed by atoms with Gasteiger partial charge in [-0.2, -0.15) is 8.42 Å². The highest BCUT2D eigenvalue weighted by molar-refractivity contribution is 7.85. The van der Waals surface area contributed by atoms with Crippen molar-refractivity contribution in [2.45, 2.75) is 32.1 Å². The zero-order chi connectivity index (χ0) is 15.8. The summed E-state index contributed by atoms with van der Waals surface area (Å²) in [4.78, 5) is 0. The second kappa shape index (κ2) is 9.58. The fourth-order valence-corrected chi connectivity index (χ4v) is 2.19. The molecule has 1 unspecified atom stereocenters. The van der Waals surface area contributed by atoms with Gasteiger partial charge in [0.2, 0.25) is 0 Å². The number of aliphatic hydroxyl groups excluding tert-OH is 1. The average Bonchev–Trinajstić information content (AvgIpc) is 2.30. The van der Waals surface area contributed by atoms with Crippen molar-refractivity contribution in [2.24, 2.45) is 0 Å². The van der Waals surface area contributed by atoms with E-state index in [2.05, 4.69) is 6.92 Å². The molecule has 2 N–H and O–H groups in total. The van der Waals surface area contributed by atoms with E-state index in [4.69, 9.17) is 27.8 Å². The van der Waals surface area contributed by atoms with Gasteiger partial charge in [0.15, 0.2) is 0 Å². The first-order valence-corrected chi connectivity index (χ1v) is 8.77. The first-order valence-electron chi connectivity index (χ1n) is 6.17. The molecule has 0 bridgehead atoms. The minimum Gasteiger partial charge on any atom is -0.396 e. The van der Waals surface area contributed by atoms with E-state index in [-0.39, 0.29) is 12.5 Å². The van der Waals surface area contributed by atoms with Gasteiger partial charge in [0.25, 0.3) is 10.1 Å². The minimum absolute atomic E-state index is 0.134. The van der Waals surface area contributed by atoms with Crippen molar-refractivity contribution in [3.63, 3.8) is 0 Å². The molecule has 0 aliphatic rings. The van der Waals surface area contributed by atoms with Crippen molar-refractivity contribution in [1.82, 2.24) is 0 Å². The summed E-state index contributed by atoms with van der Waals surface area (Å²) < 4.78 is 25.9. The van der Waals surface area contributed by atoms with Crippen molar-refractivity contribution in [3.05, 3.63) is 33.8 Å². The maximum Gasteiger partial charge on any atom is 0.261 e. The second-order valence-corrected chi connectivity index (χ2v) is 6.73. The number of aliphatic hydroxyl groups is 1. The number of hydrogen-bond donors (Lipinski definition) is 2. The Morgan fingerprint density at radius 1 is 1.30 bits per heavy atom. The van der Waals surface area contributed by atoms with E-state index >= 15 is 0 Å². The number of rotatable bonds is 5. The van der Waals surface area contributed by atoms with Crippen LogP contribution in [0, 0.1) is 0 Å². The molecule has 1 aromatic rings. The number of unbranched alkanes of at least 4 members (excludes halogenated alkanes) is 1. The van der Waals surface area contributed by atoms with Crippen molar-refractivity contribution >= 4 is 33.3 Å². The normalized spacial score (nSPS) is 12.5. The fraction of sp³-hybridized carbons (Fsp3) is 0.538. The Hall–Kier alpha value is -0.330. The highest BCUT2D eigenvalue weighted by Gasteiger charge is 2.13. The Morgan fingerprint density at radius 2 is 1.85 bits per heavy atom. The topological polar surface area (TPSA) is 74.6 Å². The van der Waals surface area contributed by atoms with E-state index in [1.54, 1.807) is 6.07 Å². The molecular weight excluding hydrogens is 323 g/mol. The molecule has 0 spiro atoms. The second-order valence-electron chi connectivity index (χ2n) is 4.42. The summed E-state index contributed by atoms with van der Waals surface area (Å²) in [6, 6.07) is 5.45. The van der Waals surface area contributed by atoms with Crippen LogP contribution in [0.3, 0.4) is 0 Å². The van der Waals surface area contributed by atoms with Crippen LogP contribution in [0.4, 0.5) is 0 Å². The molecule has 0 heterocycles. The maximum atomic E-state index is 9.31. The van der Waals surface area contributed by atoms with E-state index in [1.807, 2.05) is 12.1 Å². The van der Waals surface area contributed by atoms with Crippen LogP contribution < -0.4 is 0 Å². The van der Waals surface area contributed by atoms with E-state index in [1.165, 1.54) is 0 Å². The molecule has 1 atom stereocenters. The third-order valence-corrected chi connectivity index (χ3v) is 3.09. The van der Waals surface area contributed by atoms with Crippen molar-refractivity contribution < 1.29 is 18.1 Å². The van der Waals surface area contributed by atoms with Crippen LogP contribution in [0.15, 0.2) is 18.2 Å². The van der Waals surface area contributed by atoms with Crippen molar-refractivity contribution in [3.8, 4) is 0 Å². The third-order valence-electron chi connectivity index (χ3n) is 2.53. The summed E-state index contributed by atoms with van der Waals surface area (Å²) in [7, 11) is -3.67. The highest BCUT2D eigenvalue weighted by Crippen LogP contribution is 2.30. The van der Waals surface area contributed by atoms with E-state index in [0.717, 1.165) is 24.8 Å². The lowest BCUT2D eigenvalue weighted by Crippen LogP contribution is -2.04. The number of benzene rings is 1. The summed E-state index contributed by atoms with van der Waals surface area (Å²) in [5.74, 6) is 0.134. The van der Waals surface area contributed by atoms with Crippen LogP contribution in [0.5, 0.6) is 0 Å². The van der Waals surface area contributed by atoms with Gasteiger partial charge < -0.3 is 5.11 Å². The van der Waals surface area contributed by atoms with Crippen LogP contribution in [0.1, 0.15) is 37.7 Å². The molecular formula is C13H20Cl2O4S. The van der Waals surface area contributed by atoms with Crippen LogP contribution in [-0.2, 0) is 10.1 Å². The molecule has 0 fully saturated rings. The standard InChI is InChI=1S/C12H16Cl2O.CH4O3S/c1-2-3-4-9(8-15)11-6-5-10(13)7-12(11)14;1-5(2,3)4/h5-7,9,15H,2-4,8H2,1H3;1H3,(H,2,3,4). The van der Waals surface area contributed by atoms with Gasteiger partial charge >= 0.3 is 0 Å². The molecule has 1 aromatic carbocycles. The lowest BCUT2D eigenvalue weighted by molar-refractivity contribution is 0.257. The van der Waals surface area contributed by atoms with Crippen LogP contribution in [0.2, 0.25) is 10.0 Å². The molecule has 0 aliphatic carbocycles. The first-order chi connectivity index (χ1) is 9.19. The van der Waals surface area contributed by atoms with Gasteiger partial charge in [-0.05, 0) is 24.1 Å². The molecule has 1 rings (SSSR count). The van der Waals surface area contributed by atoms with E-state index in [0.29, 0.717) is 16.3 Å². The number of hydrogen-bond acceptors (Lipinski definition) is 3. The van der Waals surface area contributed by atoms with Crippen LogP contribution in [0.25, 0.3) is 0 Å². The first kappa shape index (κ1) is 19.7. The predicted molar refractivity (Wildman–Crippen MR) is 83.3 cm³/mol. The molecule has 116 valence electrons. The van der Waals surface area contributed by atoms with Gasteiger partial charge in [-0.3, -0.25) is 4.55 Å². The summed E-state index contributed by atoms with van der Waals surface area (Å²) in [5.41, 5.74) is 0.997. The largest absolute Gasteiger partial charge is 0.396 e. The molecule has 7 heteroatoms. The van der Waals surface area contributed by atoms with Crippen molar-refractivity contribution in [1.29, 1.82) is 0 Å². The Balaban J connectivity index is 0.000000621. The molecule has 0 saturated carbocycles.